The van der Waals surface area contributed by atoms with Gasteiger partial charge in [0.25, 0.3) is 17.7 Å². The highest BCUT2D eigenvalue weighted by Crippen LogP contribution is 2.39. The van der Waals surface area contributed by atoms with Crippen molar-refractivity contribution in [2.24, 2.45) is 11.8 Å². The van der Waals surface area contributed by atoms with E-state index in [1.54, 1.807) is 42.5 Å². The Morgan fingerprint density at radius 3 is 2.16 bits per heavy atom. The van der Waals surface area contributed by atoms with Crippen molar-refractivity contribution in [3.8, 4) is 5.75 Å². The van der Waals surface area contributed by atoms with Crippen LogP contribution in [0.25, 0.3) is 0 Å². The first-order valence-electron chi connectivity index (χ1n) is 10.5. The van der Waals surface area contributed by atoms with E-state index in [4.69, 9.17) is 16.3 Å². The maximum atomic E-state index is 13.4. The summed E-state index contributed by atoms with van der Waals surface area (Å²) in [6, 6.07) is 12.8. The Bertz CT molecular complexity index is 1040. The lowest BCUT2D eigenvalue weighted by molar-refractivity contribution is -0.154. The van der Waals surface area contributed by atoms with Crippen LogP contribution in [0, 0.1) is 11.8 Å². The number of ketones is 1. The third kappa shape index (κ3) is 4.00. The molecule has 1 aliphatic carbocycles. The van der Waals surface area contributed by atoms with Gasteiger partial charge in [0.05, 0.1) is 29.5 Å². The number of halogens is 1. The lowest BCUT2D eigenvalue weighted by Crippen LogP contribution is -2.52. The molecular formula is C24H23ClN2O5. The van der Waals surface area contributed by atoms with Gasteiger partial charge in [-0.25, -0.2) is 5.01 Å². The highest BCUT2D eigenvalue weighted by molar-refractivity contribution is 6.34. The number of nitrogens with zero attached hydrogens (tertiary/aromatic N) is 2. The minimum absolute atomic E-state index is 0.118. The number of ether oxygens (including phenoxy) is 1. The summed E-state index contributed by atoms with van der Waals surface area (Å²) < 4.78 is 5.11. The van der Waals surface area contributed by atoms with Crippen molar-refractivity contribution in [3.63, 3.8) is 0 Å². The number of amides is 3. The quantitative estimate of drug-likeness (QED) is 0.490. The van der Waals surface area contributed by atoms with E-state index < -0.39 is 41.9 Å². The summed E-state index contributed by atoms with van der Waals surface area (Å²) in [5.74, 6) is -2.26. The molecule has 1 heterocycles. The summed E-state index contributed by atoms with van der Waals surface area (Å²) in [5, 5.41) is 2.01. The number of Topliss-reactive ketones (excluding diaryl/α,β-unsaturated/α-hetero) is 1. The zero-order valence-electron chi connectivity index (χ0n) is 17.6. The largest absolute Gasteiger partial charge is 0.497 e. The predicted molar refractivity (Wildman–Crippen MR) is 117 cm³/mol. The van der Waals surface area contributed by atoms with Crippen LogP contribution >= 0.6 is 11.6 Å². The fourth-order valence-electron chi connectivity index (χ4n) is 4.39. The molecule has 7 nitrogen and oxygen atoms in total. The Labute approximate surface area is 190 Å². The van der Waals surface area contributed by atoms with Crippen molar-refractivity contribution in [1.29, 1.82) is 0 Å². The minimum atomic E-state index is -0.669. The van der Waals surface area contributed by atoms with E-state index in [0.29, 0.717) is 24.2 Å². The van der Waals surface area contributed by atoms with Gasteiger partial charge in [0.15, 0.2) is 5.78 Å². The maximum Gasteiger partial charge on any atom is 0.274 e. The molecule has 166 valence electrons. The molecule has 0 aromatic heterocycles. The van der Waals surface area contributed by atoms with Gasteiger partial charge in [-0.15, -0.1) is 0 Å². The summed E-state index contributed by atoms with van der Waals surface area (Å²) in [5.41, 5.74) is 0.450. The van der Waals surface area contributed by atoms with Gasteiger partial charge >= 0.3 is 0 Å². The smallest absolute Gasteiger partial charge is 0.274 e. The highest BCUT2D eigenvalue weighted by Gasteiger charge is 2.51. The Morgan fingerprint density at radius 1 is 1.00 bits per heavy atom. The van der Waals surface area contributed by atoms with Crippen molar-refractivity contribution in [3.05, 3.63) is 64.7 Å². The van der Waals surface area contributed by atoms with Crippen LogP contribution in [0.3, 0.4) is 0 Å². The number of methoxy groups -OCH3 is 1. The summed E-state index contributed by atoms with van der Waals surface area (Å²) in [6.45, 7) is -0.465. The van der Waals surface area contributed by atoms with Gasteiger partial charge in [-0.1, -0.05) is 36.6 Å². The highest BCUT2D eigenvalue weighted by atomic mass is 35.5. The molecule has 0 radical (unpaired) electrons. The third-order valence-corrected chi connectivity index (χ3v) is 6.43. The second kappa shape index (κ2) is 9.12. The first-order chi connectivity index (χ1) is 15.4. The SMILES string of the molecule is COc1ccc(C(=O)CN(C(=O)c2ccccc2Cl)N2C(=O)[C@H]3CCCC[C@@H]3C2=O)cc1. The Kier molecular flexibility index (Phi) is 6.28. The second-order valence-corrected chi connectivity index (χ2v) is 8.39. The summed E-state index contributed by atoms with van der Waals surface area (Å²) in [7, 11) is 1.52. The molecule has 4 rings (SSSR count). The second-order valence-electron chi connectivity index (χ2n) is 7.98. The zero-order chi connectivity index (χ0) is 22.8. The minimum Gasteiger partial charge on any atom is -0.497 e. The summed E-state index contributed by atoms with van der Waals surface area (Å²) >= 11 is 6.22. The number of carbonyl (C=O) groups is 4. The first-order valence-corrected chi connectivity index (χ1v) is 10.9. The molecule has 2 aromatic rings. The van der Waals surface area contributed by atoms with E-state index in [1.165, 1.54) is 13.2 Å². The molecule has 3 amide bonds. The molecule has 0 bridgehead atoms. The molecule has 1 aliphatic heterocycles. The number of carbonyl (C=O) groups excluding carboxylic acids is 4. The standard InChI is InChI=1S/C24H23ClN2O5/c1-32-16-12-10-15(11-13-16)21(28)14-26(22(29)19-8-4-5-9-20(19)25)27-23(30)17-6-2-3-7-18(17)24(27)31/h4-5,8-13,17-18H,2-3,6-7,14H2,1H3/t17-,18-/m0/s1. The summed E-state index contributed by atoms with van der Waals surface area (Å²) in [6.07, 6.45) is 2.92. The van der Waals surface area contributed by atoms with Crippen molar-refractivity contribution >= 4 is 35.1 Å². The molecule has 0 unspecified atom stereocenters. The average molecular weight is 455 g/mol. The van der Waals surface area contributed by atoms with Crippen LogP contribution in [0.15, 0.2) is 48.5 Å². The van der Waals surface area contributed by atoms with Gasteiger partial charge in [-0.2, -0.15) is 5.01 Å². The lowest BCUT2D eigenvalue weighted by Gasteiger charge is -2.30. The fraction of sp³-hybridized carbons (Fsp3) is 0.333. The van der Waals surface area contributed by atoms with Crippen LogP contribution in [0.1, 0.15) is 46.4 Å². The van der Waals surface area contributed by atoms with Crippen molar-refractivity contribution < 1.29 is 23.9 Å². The van der Waals surface area contributed by atoms with E-state index in [-0.39, 0.29) is 10.6 Å². The summed E-state index contributed by atoms with van der Waals surface area (Å²) in [4.78, 5) is 52.8. The van der Waals surface area contributed by atoms with E-state index in [1.807, 2.05) is 0 Å². The van der Waals surface area contributed by atoms with Crippen LogP contribution in [-0.2, 0) is 9.59 Å². The maximum absolute atomic E-state index is 13.4. The fourth-order valence-corrected chi connectivity index (χ4v) is 4.61. The number of benzene rings is 2. The molecular weight excluding hydrogens is 432 g/mol. The monoisotopic (exact) mass is 454 g/mol. The van der Waals surface area contributed by atoms with Crippen LogP contribution in [0.4, 0.5) is 0 Å². The van der Waals surface area contributed by atoms with Gasteiger partial charge in [0, 0.05) is 5.56 Å². The van der Waals surface area contributed by atoms with Gasteiger partial charge in [0.2, 0.25) is 0 Å². The average Bonchev–Trinajstić information content (AvgIpc) is 3.07. The van der Waals surface area contributed by atoms with Crippen molar-refractivity contribution in [2.45, 2.75) is 25.7 Å². The molecule has 0 spiro atoms. The molecule has 32 heavy (non-hydrogen) atoms. The van der Waals surface area contributed by atoms with Crippen LogP contribution in [0.5, 0.6) is 5.75 Å². The number of rotatable bonds is 6. The Balaban J connectivity index is 1.69. The lowest BCUT2D eigenvalue weighted by atomic mass is 9.81. The number of hydrazine groups is 1. The predicted octanol–water partition coefficient (Wildman–Crippen LogP) is 3.76. The van der Waals surface area contributed by atoms with Gasteiger partial charge in [-0.05, 0) is 49.2 Å². The molecule has 0 N–H and O–H groups in total. The Hall–Kier alpha value is -3.19. The van der Waals surface area contributed by atoms with Gasteiger partial charge in [0.1, 0.15) is 12.3 Å². The molecule has 2 aromatic carbocycles. The van der Waals surface area contributed by atoms with E-state index in [2.05, 4.69) is 0 Å². The van der Waals surface area contributed by atoms with E-state index in [9.17, 15) is 19.2 Å². The van der Waals surface area contributed by atoms with Crippen LogP contribution < -0.4 is 4.74 Å². The molecule has 2 atom stereocenters. The normalized spacial score (nSPS) is 20.1. The number of imide groups is 1. The molecule has 2 aliphatic rings. The van der Waals surface area contributed by atoms with E-state index >= 15 is 0 Å². The number of hydrogen-bond donors (Lipinski definition) is 0. The molecule has 2 fully saturated rings. The number of hydrogen-bond acceptors (Lipinski definition) is 5. The Morgan fingerprint density at radius 2 is 1.59 bits per heavy atom. The van der Waals surface area contributed by atoms with Crippen LogP contribution in [-0.4, -0.2) is 47.2 Å². The topological polar surface area (TPSA) is 84.0 Å². The number of fused-ring (bicyclic) bond motifs is 1. The molecule has 1 saturated carbocycles. The van der Waals surface area contributed by atoms with Crippen molar-refractivity contribution in [2.75, 3.05) is 13.7 Å². The zero-order valence-corrected chi connectivity index (χ0v) is 18.4. The first kappa shape index (κ1) is 22.0. The molecule has 1 saturated heterocycles. The van der Waals surface area contributed by atoms with Gasteiger partial charge < -0.3 is 4.74 Å². The van der Waals surface area contributed by atoms with Crippen LogP contribution in [0.2, 0.25) is 5.02 Å². The third-order valence-electron chi connectivity index (χ3n) is 6.10. The van der Waals surface area contributed by atoms with Crippen molar-refractivity contribution in [1.82, 2.24) is 10.0 Å². The molecule has 8 heteroatoms. The van der Waals surface area contributed by atoms with E-state index in [0.717, 1.165) is 22.9 Å². The van der Waals surface area contributed by atoms with Gasteiger partial charge in [-0.3, -0.25) is 19.2 Å².